The molecule has 1 N–H and O–H groups in total. The summed E-state index contributed by atoms with van der Waals surface area (Å²) in [6, 6.07) is 10.4. The van der Waals surface area contributed by atoms with Gasteiger partial charge in [0.15, 0.2) is 0 Å². The Balaban J connectivity index is 2.47. The van der Waals surface area contributed by atoms with Crippen LogP contribution in [0, 0.1) is 0 Å². The fourth-order valence-corrected chi connectivity index (χ4v) is 4.67. The number of sulfonamides is 1. The highest BCUT2D eigenvalue weighted by molar-refractivity contribution is 7.92. The molecule has 2 amide bonds. The third-order valence-corrected chi connectivity index (χ3v) is 6.91. The minimum atomic E-state index is -3.82. The van der Waals surface area contributed by atoms with Crippen molar-refractivity contribution in [3.63, 3.8) is 0 Å². The molecule has 2 aromatic rings. The van der Waals surface area contributed by atoms with Crippen LogP contribution in [0.25, 0.3) is 0 Å². The lowest BCUT2D eigenvalue weighted by Gasteiger charge is -2.33. The van der Waals surface area contributed by atoms with Gasteiger partial charge in [0, 0.05) is 29.2 Å². The SMILES string of the molecule is CC[C@H](C(=O)NC)N(Cc1c(Cl)cccc1Cl)C(=O)CN(c1ccc(OC)cc1)S(C)(=O)=O. The van der Waals surface area contributed by atoms with Crippen molar-refractivity contribution in [1.82, 2.24) is 10.2 Å². The highest BCUT2D eigenvalue weighted by Crippen LogP contribution is 2.28. The summed E-state index contributed by atoms with van der Waals surface area (Å²) in [4.78, 5) is 27.3. The van der Waals surface area contributed by atoms with Crippen LogP contribution < -0.4 is 14.4 Å². The van der Waals surface area contributed by atoms with Crippen molar-refractivity contribution in [3.05, 3.63) is 58.1 Å². The molecule has 0 unspecified atom stereocenters. The zero-order chi connectivity index (χ0) is 24.8. The molecule has 33 heavy (non-hydrogen) atoms. The van der Waals surface area contributed by atoms with E-state index in [0.29, 0.717) is 27.8 Å². The van der Waals surface area contributed by atoms with Crippen molar-refractivity contribution >= 4 is 50.7 Å². The van der Waals surface area contributed by atoms with Crippen molar-refractivity contribution in [3.8, 4) is 5.75 Å². The van der Waals surface area contributed by atoms with E-state index in [-0.39, 0.29) is 18.1 Å². The largest absolute Gasteiger partial charge is 0.497 e. The van der Waals surface area contributed by atoms with E-state index >= 15 is 0 Å². The van der Waals surface area contributed by atoms with E-state index in [2.05, 4.69) is 5.32 Å². The van der Waals surface area contributed by atoms with Gasteiger partial charge in [0.25, 0.3) is 0 Å². The number of carbonyl (C=O) groups is 2. The van der Waals surface area contributed by atoms with Gasteiger partial charge in [0.1, 0.15) is 18.3 Å². The number of ether oxygens (including phenoxy) is 1. The maximum atomic E-state index is 13.5. The number of hydrogen-bond acceptors (Lipinski definition) is 5. The van der Waals surface area contributed by atoms with Gasteiger partial charge < -0.3 is 15.0 Å². The molecule has 0 saturated carbocycles. The van der Waals surface area contributed by atoms with Gasteiger partial charge in [-0.1, -0.05) is 36.2 Å². The van der Waals surface area contributed by atoms with Crippen LogP contribution in [0.5, 0.6) is 5.75 Å². The average molecular weight is 516 g/mol. The van der Waals surface area contributed by atoms with Gasteiger partial charge in [0.05, 0.1) is 19.1 Å². The normalized spacial score (nSPS) is 12.1. The number of benzene rings is 2. The van der Waals surface area contributed by atoms with Gasteiger partial charge in [-0.15, -0.1) is 0 Å². The summed E-state index contributed by atoms with van der Waals surface area (Å²) in [5.74, 6) is -0.425. The number of likely N-dealkylation sites (N-methyl/N-ethyl adjacent to an activating group) is 1. The van der Waals surface area contributed by atoms with Crippen LogP contribution in [0.3, 0.4) is 0 Å². The number of amides is 2. The molecule has 0 aliphatic rings. The zero-order valence-electron chi connectivity index (χ0n) is 18.8. The number of nitrogens with zero attached hydrogens (tertiary/aromatic N) is 2. The van der Waals surface area contributed by atoms with E-state index in [1.54, 1.807) is 49.4 Å². The molecular weight excluding hydrogens is 489 g/mol. The monoisotopic (exact) mass is 515 g/mol. The summed E-state index contributed by atoms with van der Waals surface area (Å²) in [5.41, 5.74) is 0.752. The van der Waals surface area contributed by atoms with E-state index in [0.717, 1.165) is 10.6 Å². The van der Waals surface area contributed by atoms with Crippen molar-refractivity contribution in [2.24, 2.45) is 0 Å². The Hall–Kier alpha value is -2.49. The molecule has 0 spiro atoms. The van der Waals surface area contributed by atoms with Gasteiger partial charge in [-0.05, 0) is 42.8 Å². The molecule has 11 heteroatoms. The van der Waals surface area contributed by atoms with Crippen LogP contribution in [-0.2, 0) is 26.2 Å². The Morgan fingerprint density at radius 1 is 1.09 bits per heavy atom. The number of methoxy groups -OCH3 is 1. The minimum Gasteiger partial charge on any atom is -0.497 e. The first kappa shape index (κ1) is 26.8. The van der Waals surface area contributed by atoms with Gasteiger partial charge >= 0.3 is 0 Å². The molecule has 0 heterocycles. The minimum absolute atomic E-state index is 0.0660. The standard InChI is InChI=1S/C22H27Cl2N3O5S/c1-5-20(22(29)25-2)26(13-17-18(23)7-6-8-19(17)24)21(28)14-27(33(4,30)31)15-9-11-16(32-3)12-10-15/h6-12,20H,5,13-14H2,1-4H3,(H,25,29)/t20-/m1/s1. The van der Waals surface area contributed by atoms with Crippen molar-refractivity contribution in [2.75, 3.05) is 31.3 Å². The molecule has 1 atom stereocenters. The number of nitrogens with one attached hydrogen (secondary N) is 1. The molecule has 0 bridgehead atoms. The molecule has 0 aliphatic carbocycles. The van der Waals surface area contributed by atoms with Gasteiger partial charge in [-0.25, -0.2) is 8.42 Å². The molecule has 0 radical (unpaired) electrons. The number of rotatable bonds is 10. The molecule has 0 saturated heterocycles. The topological polar surface area (TPSA) is 96.0 Å². The second kappa shape index (κ2) is 11.6. The maximum Gasteiger partial charge on any atom is 0.244 e. The summed E-state index contributed by atoms with van der Waals surface area (Å²) in [7, 11) is -0.858. The first-order valence-electron chi connectivity index (χ1n) is 10.1. The van der Waals surface area contributed by atoms with Crippen LogP contribution in [-0.4, -0.2) is 58.1 Å². The second-order valence-corrected chi connectivity index (χ2v) is 9.95. The van der Waals surface area contributed by atoms with Gasteiger partial charge in [-0.3, -0.25) is 13.9 Å². The molecule has 8 nitrogen and oxygen atoms in total. The van der Waals surface area contributed by atoms with Gasteiger partial charge in [0.2, 0.25) is 21.8 Å². The predicted octanol–water partition coefficient (Wildman–Crippen LogP) is 3.32. The molecular formula is C22H27Cl2N3O5S. The Kier molecular flexibility index (Phi) is 9.39. The summed E-state index contributed by atoms with van der Waals surface area (Å²) >= 11 is 12.6. The summed E-state index contributed by atoms with van der Waals surface area (Å²) in [5, 5.41) is 3.22. The maximum absolute atomic E-state index is 13.5. The molecule has 2 rings (SSSR count). The van der Waals surface area contributed by atoms with Crippen LogP contribution in [0.2, 0.25) is 10.0 Å². The predicted molar refractivity (Wildman–Crippen MR) is 130 cm³/mol. The third-order valence-electron chi connectivity index (χ3n) is 5.06. The van der Waals surface area contributed by atoms with E-state index in [4.69, 9.17) is 27.9 Å². The second-order valence-electron chi connectivity index (χ2n) is 7.23. The van der Waals surface area contributed by atoms with Crippen LogP contribution in [0.15, 0.2) is 42.5 Å². The Morgan fingerprint density at radius 2 is 1.67 bits per heavy atom. The lowest BCUT2D eigenvalue weighted by molar-refractivity contribution is -0.140. The summed E-state index contributed by atoms with van der Waals surface area (Å²) in [6.07, 6.45) is 1.31. The van der Waals surface area contributed by atoms with Crippen molar-refractivity contribution < 1.29 is 22.7 Å². The molecule has 0 aliphatic heterocycles. The Bertz CT molecular complexity index is 1070. The molecule has 0 fully saturated rings. The number of anilines is 1. The highest BCUT2D eigenvalue weighted by Gasteiger charge is 2.32. The Morgan fingerprint density at radius 3 is 2.12 bits per heavy atom. The molecule has 180 valence electrons. The van der Waals surface area contributed by atoms with Crippen LogP contribution in [0.4, 0.5) is 5.69 Å². The number of halogens is 2. The smallest absolute Gasteiger partial charge is 0.244 e. The Labute approximate surface area is 204 Å². The van der Waals surface area contributed by atoms with Crippen LogP contribution in [0.1, 0.15) is 18.9 Å². The first-order valence-corrected chi connectivity index (χ1v) is 12.7. The van der Waals surface area contributed by atoms with Crippen LogP contribution >= 0.6 is 23.2 Å². The van der Waals surface area contributed by atoms with E-state index in [9.17, 15) is 18.0 Å². The lowest BCUT2D eigenvalue weighted by atomic mass is 10.1. The zero-order valence-corrected chi connectivity index (χ0v) is 21.2. The van der Waals surface area contributed by atoms with E-state index in [1.165, 1.54) is 19.1 Å². The van der Waals surface area contributed by atoms with E-state index in [1.807, 2.05) is 0 Å². The summed E-state index contributed by atoms with van der Waals surface area (Å²) in [6.45, 7) is 1.18. The fraction of sp³-hybridized carbons (Fsp3) is 0.364. The first-order chi connectivity index (χ1) is 15.5. The summed E-state index contributed by atoms with van der Waals surface area (Å²) < 4.78 is 31.2. The number of hydrogen-bond donors (Lipinski definition) is 1. The quantitative estimate of drug-likeness (QED) is 0.523. The van der Waals surface area contributed by atoms with Gasteiger partial charge in [-0.2, -0.15) is 0 Å². The average Bonchev–Trinajstić information content (AvgIpc) is 2.78. The molecule has 2 aromatic carbocycles. The number of carbonyl (C=O) groups excluding carboxylic acids is 2. The third kappa shape index (κ3) is 6.75. The highest BCUT2D eigenvalue weighted by atomic mass is 35.5. The van der Waals surface area contributed by atoms with Crippen molar-refractivity contribution in [1.29, 1.82) is 0 Å². The van der Waals surface area contributed by atoms with E-state index < -0.39 is 28.5 Å². The fourth-order valence-electron chi connectivity index (χ4n) is 3.30. The lowest BCUT2D eigenvalue weighted by Crippen LogP contribution is -2.51. The molecule has 0 aromatic heterocycles. The van der Waals surface area contributed by atoms with Crippen molar-refractivity contribution in [2.45, 2.75) is 25.9 Å².